The average Bonchev–Trinajstić information content (AvgIpc) is 3.42. The van der Waals surface area contributed by atoms with Gasteiger partial charge in [0.05, 0.1) is 17.0 Å². The predicted octanol–water partition coefficient (Wildman–Crippen LogP) is 5.80. The Labute approximate surface area is 212 Å². The molecule has 0 unspecified atom stereocenters. The number of halogens is 3. The van der Waals surface area contributed by atoms with E-state index < -0.39 is 17.6 Å². The SMILES string of the molecule is O=C(/C=C/c1cccc(Oc2ccnc(C3=CCCN3)c2)c1)Nc1ccc(CCCO)c(C(F)(F)F)c1. The molecule has 37 heavy (non-hydrogen) atoms. The molecule has 0 saturated carbocycles. The third kappa shape index (κ3) is 7.20. The van der Waals surface area contributed by atoms with Gasteiger partial charge in [-0.25, -0.2) is 0 Å². The summed E-state index contributed by atoms with van der Waals surface area (Å²) >= 11 is 0. The van der Waals surface area contributed by atoms with Crippen LogP contribution in [0.15, 0.2) is 72.9 Å². The second-order valence-electron chi connectivity index (χ2n) is 8.40. The van der Waals surface area contributed by atoms with Gasteiger partial charge < -0.3 is 20.5 Å². The fourth-order valence-corrected chi connectivity index (χ4v) is 3.89. The number of aromatic nitrogens is 1. The highest BCUT2D eigenvalue weighted by Gasteiger charge is 2.33. The Bertz CT molecular complexity index is 1320. The summed E-state index contributed by atoms with van der Waals surface area (Å²) in [5.74, 6) is 0.599. The lowest BCUT2D eigenvalue weighted by molar-refractivity contribution is -0.138. The first kappa shape index (κ1) is 26.0. The topological polar surface area (TPSA) is 83.5 Å². The number of carbonyl (C=O) groups excluding carboxylic acids is 1. The monoisotopic (exact) mass is 509 g/mol. The number of hydrogen-bond donors (Lipinski definition) is 3. The molecule has 3 aromatic rings. The number of nitrogens with one attached hydrogen (secondary N) is 2. The Morgan fingerprint density at radius 1 is 1.14 bits per heavy atom. The van der Waals surface area contributed by atoms with Crippen LogP contribution in [0.25, 0.3) is 11.8 Å². The fraction of sp³-hybridized carbons (Fsp3) is 0.214. The molecule has 0 spiro atoms. The van der Waals surface area contributed by atoms with Crippen LogP contribution in [0.3, 0.4) is 0 Å². The van der Waals surface area contributed by atoms with E-state index in [2.05, 4.69) is 21.7 Å². The van der Waals surface area contributed by atoms with Crippen molar-refractivity contribution >= 4 is 23.4 Å². The minimum Gasteiger partial charge on any atom is -0.457 e. The van der Waals surface area contributed by atoms with Crippen LogP contribution in [-0.4, -0.2) is 29.1 Å². The summed E-state index contributed by atoms with van der Waals surface area (Å²) in [6, 6.07) is 14.3. The van der Waals surface area contributed by atoms with Crippen LogP contribution in [0, 0.1) is 0 Å². The summed E-state index contributed by atoms with van der Waals surface area (Å²) < 4.78 is 46.3. The zero-order valence-electron chi connectivity index (χ0n) is 19.9. The van der Waals surface area contributed by atoms with Gasteiger partial charge in [0, 0.05) is 37.2 Å². The standard InChI is InChI=1S/C28H26F3N3O3/c29-28(30,31)24-17-21(10-9-20(24)5-3-15-35)34-27(36)11-8-19-4-1-6-22(16-19)37-23-12-14-33-26(18-23)25-7-2-13-32-25/h1,4,6-12,14,16-18,32,35H,2-3,5,13,15H2,(H,34,36)/b11-8+. The molecule has 1 aliphatic heterocycles. The molecular weight excluding hydrogens is 483 g/mol. The Kier molecular flexibility index (Phi) is 8.25. The lowest BCUT2D eigenvalue weighted by Gasteiger charge is -2.14. The van der Waals surface area contributed by atoms with E-state index in [1.807, 2.05) is 6.07 Å². The average molecular weight is 510 g/mol. The van der Waals surface area contributed by atoms with E-state index in [0.717, 1.165) is 30.4 Å². The number of benzene rings is 2. The number of aryl methyl sites for hydroxylation is 1. The van der Waals surface area contributed by atoms with E-state index >= 15 is 0 Å². The van der Waals surface area contributed by atoms with Crippen LogP contribution in [0.1, 0.15) is 35.2 Å². The molecule has 0 aliphatic carbocycles. The maximum atomic E-state index is 13.4. The van der Waals surface area contributed by atoms with Crippen molar-refractivity contribution in [2.24, 2.45) is 0 Å². The van der Waals surface area contributed by atoms with Crippen LogP contribution in [0.4, 0.5) is 18.9 Å². The number of carbonyl (C=O) groups is 1. The van der Waals surface area contributed by atoms with Crippen molar-refractivity contribution in [2.45, 2.75) is 25.4 Å². The molecule has 0 bridgehead atoms. The maximum absolute atomic E-state index is 13.4. The van der Waals surface area contributed by atoms with Crippen molar-refractivity contribution < 1.29 is 27.8 Å². The van der Waals surface area contributed by atoms with Gasteiger partial charge in [0.25, 0.3) is 0 Å². The lowest BCUT2D eigenvalue weighted by Crippen LogP contribution is -2.13. The molecule has 6 nitrogen and oxygen atoms in total. The molecule has 0 atom stereocenters. The van der Waals surface area contributed by atoms with Gasteiger partial charge >= 0.3 is 6.18 Å². The number of nitrogens with zero attached hydrogens (tertiary/aromatic N) is 1. The molecule has 1 amide bonds. The molecule has 192 valence electrons. The summed E-state index contributed by atoms with van der Waals surface area (Å²) in [7, 11) is 0. The van der Waals surface area contributed by atoms with E-state index in [1.54, 1.807) is 42.6 Å². The summed E-state index contributed by atoms with van der Waals surface area (Å²) in [6.45, 7) is 0.676. The van der Waals surface area contributed by atoms with Crippen molar-refractivity contribution in [2.75, 3.05) is 18.5 Å². The van der Waals surface area contributed by atoms with Crippen LogP contribution in [0.5, 0.6) is 11.5 Å². The minimum atomic E-state index is -4.57. The molecule has 2 aromatic carbocycles. The molecule has 4 rings (SSSR count). The lowest BCUT2D eigenvalue weighted by atomic mass is 10.0. The van der Waals surface area contributed by atoms with Gasteiger partial charge in [-0.15, -0.1) is 0 Å². The first-order valence-corrected chi connectivity index (χ1v) is 11.8. The van der Waals surface area contributed by atoms with Gasteiger partial charge in [0.15, 0.2) is 0 Å². The Morgan fingerprint density at radius 3 is 2.73 bits per heavy atom. The zero-order chi connectivity index (χ0) is 26.3. The zero-order valence-corrected chi connectivity index (χ0v) is 19.9. The van der Waals surface area contributed by atoms with Gasteiger partial charge in [-0.1, -0.05) is 24.3 Å². The van der Waals surface area contributed by atoms with Gasteiger partial charge in [0.1, 0.15) is 11.5 Å². The number of alkyl halides is 3. The summed E-state index contributed by atoms with van der Waals surface area (Å²) in [6.07, 6.45) is 3.24. The summed E-state index contributed by atoms with van der Waals surface area (Å²) in [4.78, 5) is 16.7. The largest absolute Gasteiger partial charge is 0.457 e. The molecule has 9 heteroatoms. The number of rotatable bonds is 9. The maximum Gasteiger partial charge on any atom is 0.416 e. The van der Waals surface area contributed by atoms with Crippen molar-refractivity contribution in [1.29, 1.82) is 0 Å². The molecular formula is C28H26F3N3O3. The molecule has 1 aromatic heterocycles. The molecule has 1 aliphatic rings. The normalized spacial score (nSPS) is 13.4. The van der Waals surface area contributed by atoms with Crippen LogP contribution in [-0.2, 0) is 17.4 Å². The van der Waals surface area contributed by atoms with Crippen molar-refractivity contribution in [3.8, 4) is 11.5 Å². The highest BCUT2D eigenvalue weighted by Crippen LogP contribution is 2.34. The van der Waals surface area contributed by atoms with E-state index in [1.165, 1.54) is 18.2 Å². The molecule has 2 heterocycles. The summed E-state index contributed by atoms with van der Waals surface area (Å²) in [5, 5.41) is 14.7. The number of amides is 1. The first-order chi connectivity index (χ1) is 17.8. The van der Waals surface area contributed by atoms with Crippen LogP contribution < -0.4 is 15.4 Å². The predicted molar refractivity (Wildman–Crippen MR) is 136 cm³/mol. The number of anilines is 1. The molecule has 0 fully saturated rings. The second-order valence-corrected chi connectivity index (χ2v) is 8.40. The van der Waals surface area contributed by atoms with Crippen LogP contribution >= 0.6 is 0 Å². The fourth-order valence-electron chi connectivity index (χ4n) is 3.89. The van der Waals surface area contributed by atoms with Crippen LogP contribution in [0.2, 0.25) is 0 Å². The van der Waals surface area contributed by atoms with Crippen molar-refractivity contribution in [1.82, 2.24) is 10.3 Å². The first-order valence-electron chi connectivity index (χ1n) is 11.8. The highest BCUT2D eigenvalue weighted by atomic mass is 19.4. The number of pyridine rings is 1. The number of aliphatic hydroxyl groups is 1. The summed E-state index contributed by atoms with van der Waals surface area (Å²) in [5.41, 5.74) is 1.72. The Hall–Kier alpha value is -4.11. The van der Waals surface area contributed by atoms with Gasteiger partial charge in [-0.2, -0.15) is 13.2 Å². The van der Waals surface area contributed by atoms with Gasteiger partial charge in [-0.3, -0.25) is 9.78 Å². The Balaban J connectivity index is 1.42. The number of ether oxygens (including phenoxy) is 1. The van der Waals surface area contributed by atoms with E-state index in [9.17, 15) is 18.0 Å². The van der Waals surface area contributed by atoms with Gasteiger partial charge in [0.2, 0.25) is 5.91 Å². The third-order valence-corrected chi connectivity index (χ3v) is 5.62. The minimum absolute atomic E-state index is 0.0344. The van der Waals surface area contributed by atoms with E-state index in [-0.39, 0.29) is 30.7 Å². The van der Waals surface area contributed by atoms with Gasteiger partial charge in [-0.05, 0) is 66.8 Å². The quantitative estimate of drug-likeness (QED) is 0.318. The molecule has 0 saturated heterocycles. The smallest absolute Gasteiger partial charge is 0.416 e. The highest BCUT2D eigenvalue weighted by molar-refractivity contribution is 6.02. The molecule has 3 N–H and O–H groups in total. The number of aliphatic hydroxyl groups excluding tert-OH is 1. The van der Waals surface area contributed by atoms with E-state index in [4.69, 9.17) is 9.84 Å². The second kappa shape index (κ2) is 11.7. The van der Waals surface area contributed by atoms with Crippen molar-refractivity contribution in [3.63, 3.8) is 0 Å². The van der Waals surface area contributed by atoms with Crippen molar-refractivity contribution in [3.05, 3.63) is 95.3 Å². The van der Waals surface area contributed by atoms with E-state index in [0.29, 0.717) is 17.1 Å². The molecule has 0 radical (unpaired) electrons. The number of hydrogen-bond acceptors (Lipinski definition) is 5. The Morgan fingerprint density at radius 2 is 1.97 bits per heavy atom. The third-order valence-electron chi connectivity index (χ3n) is 5.62.